The molecule has 0 bridgehead atoms. The molecule has 19 heavy (non-hydrogen) atoms. The van der Waals surface area contributed by atoms with Gasteiger partial charge in [-0.05, 0) is 31.6 Å². The molecule has 1 amide bonds. The van der Waals surface area contributed by atoms with E-state index in [0.717, 1.165) is 6.07 Å². The number of nitrogens with one attached hydrogen (secondary N) is 1. The molecular weight excluding hydrogens is 271 g/mol. The van der Waals surface area contributed by atoms with E-state index < -0.39 is 17.5 Å². The van der Waals surface area contributed by atoms with Crippen molar-refractivity contribution < 1.29 is 14.0 Å². The zero-order chi connectivity index (χ0) is 14.2. The Morgan fingerprint density at radius 1 is 1.42 bits per heavy atom. The first-order valence-electron chi connectivity index (χ1n) is 5.95. The summed E-state index contributed by atoms with van der Waals surface area (Å²) in [4.78, 5) is 25.1. The van der Waals surface area contributed by atoms with Gasteiger partial charge in [-0.2, -0.15) is 0 Å². The standard InChI is InChI=1S/C13H14ClFN2O2/c1-7(5-16-2)6-17-11-4-10(15)9(14)3-8(11)12(18)13(17)19/h3-4,7,16H,5-6H2,1-2H3. The van der Waals surface area contributed by atoms with E-state index in [9.17, 15) is 14.0 Å². The van der Waals surface area contributed by atoms with Gasteiger partial charge in [0.25, 0.3) is 11.7 Å². The van der Waals surface area contributed by atoms with Crippen molar-refractivity contribution in [1.29, 1.82) is 0 Å². The van der Waals surface area contributed by atoms with Crippen LogP contribution in [0.2, 0.25) is 5.02 Å². The molecule has 0 fully saturated rings. The second kappa shape index (κ2) is 5.27. The number of benzene rings is 1. The molecule has 1 atom stereocenters. The SMILES string of the molecule is CNCC(C)CN1C(=O)C(=O)c2cc(Cl)c(F)cc21. The van der Waals surface area contributed by atoms with E-state index in [1.165, 1.54) is 11.0 Å². The van der Waals surface area contributed by atoms with E-state index in [1.807, 2.05) is 6.92 Å². The highest BCUT2D eigenvalue weighted by Gasteiger charge is 2.37. The molecule has 1 N–H and O–H groups in total. The van der Waals surface area contributed by atoms with Crippen LogP contribution in [0, 0.1) is 11.7 Å². The highest BCUT2D eigenvalue weighted by molar-refractivity contribution is 6.52. The van der Waals surface area contributed by atoms with E-state index in [4.69, 9.17) is 11.6 Å². The van der Waals surface area contributed by atoms with Crippen LogP contribution in [0.25, 0.3) is 0 Å². The number of rotatable bonds is 4. The minimum atomic E-state index is -0.631. The number of halogens is 2. The number of nitrogens with zero attached hydrogens (tertiary/aromatic N) is 1. The predicted molar refractivity (Wildman–Crippen MR) is 71.2 cm³/mol. The van der Waals surface area contributed by atoms with E-state index in [0.29, 0.717) is 18.8 Å². The van der Waals surface area contributed by atoms with Gasteiger partial charge in [-0.15, -0.1) is 0 Å². The Morgan fingerprint density at radius 2 is 2.11 bits per heavy atom. The Bertz CT molecular complexity index is 548. The lowest BCUT2D eigenvalue weighted by atomic mass is 10.1. The highest BCUT2D eigenvalue weighted by atomic mass is 35.5. The molecule has 1 heterocycles. The van der Waals surface area contributed by atoms with E-state index in [1.54, 1.807) is 7.05 Å². The maximum absolute atomic E-state index is 13.5. The minimum absolute atomic E-state index is 0.145. The number of anilines is 1. The van der Waals surface area contributed by atoms with Gasteiger partial charge in [0.2, 0.25) is 0 Å². The summed E-state index contributed by atoms with van der Waals surface area (Å²) in [5, 5.41) is 2.85. The second-order valence-corrected chi connectivity index (χ2v) is 5.10. The van der Waals surface area contributed by atoms with Crippen molar-refractivity contribution in [3.05, 3.63) is 28.5 Å². The van der Waals surface area contributed by atoms with Gasteiger partial charge in [-0.25, -0.2) is 4.39 Å². The van der Waals surface area contributed by atoms with Gasteiger partial charge >= 0.3 is 0 Å². The van der Waals surface area contributed by atoms with Crippen molar-refractivity contribution >= 4 is 29.0 Å². The molecule has 0 saturated carbocycles. The summed E-state index contributed by atoms with van der Waals surface area (Å²) in [6.07, 6.45) is 0. The molecule has 0 saturated heterocycles. The fourth-order valence-corrected chi connectivity index (χ4v) is 2.36. The summed E-state index contributed by atoms with van der Waals surface area (Å²) in [5.41, 5.74) is 0.480. The molecule has 0 aromatic heterocycles. The van der Waals surface area contributed by atoms with Crippen LogP contribution in [0.3, 0.4) is 0 Å². The fourth-order valence-electron chi connectivity index (χ4n) is 2.19. The zero-order valence-corrected chi connectivity index (χ0v) is 11.4. The van der Waals surface area contributed by atoms with E-state index >= 15 is 0 Å². The summed E-state index contributed by atoms with van der Waals surface area (Å²) in [5.74, 6) is -1.74. The second-order valence-electron chi connectivity index (χ2n) is 4.69. The average molecular weight is 285 g/mol. The molecule has 1 aromatic rings. The normalized spacial score (nSPS) is 15.9. The molecule has 0 radical (unpaired) electrons. The Labute approximate surface area is 115 Å². The first kappa shape index (κ1) is 14.0. The summed E-state index contributed by atoms with van der Waals surface area (Å²) in [6, 6.07) is 2.36. The molecule has 6 heteroatoms. The van der Waals surface area contributed by atoms with Crippen molar-refractivity contribution in [1.82, 2.24) is 5.32 Å². The van der Waals surface area contributed by atoms with Crippen LogP contribution >= 0.6 is 11.6 Å². The quantitative estimate of drug-likeness (QED) is 0.859. The summed E-state index contributed by atoms with van der Waals surface area (Å²) in [7, 11) is 1.81. The topological polar surface area (TPSA) is 49.4 Å². The number of hydrogen-bond donors (Lipinski definition) is 1. The third-order valence-corrected chi connectivity index (χ3v) is 3.35. The molecule has 4 nitrogen and oxygen atoms in total. The number of fused-ring (bicyclic) bond motifs is 1. The lowest BCUT2D eigenvalue weighted by molar-refractivity contribution is -0.114. The minimum Gasteiger partial charge on any atom is -0.319 e. The van der Waals surface area contributed by atoms with E-state index in [-0.39, 0.29) is 16.5 Å². The average Bonchev–Trinajstić information content (AvgIpc) is 2.56. The maximum atomic E-state index is 13.5. The van der Waals surface area contributed by atoms with Gasteiger partial charge in [0.05, 0.1) is 16.3 Å². The number of hydrogen-bond acceptors (Lipinski definition) is 3. The van der Waals surface area contributed by atoms with Gasteiger partial charge in [0.1, 0.15) is 5.82 Å². The third kappa shape index (κ3) is 2.48. The molecule has 2 rings (SSSR count). The summed E-state index contributed by atoms with van der Waals surface area (Å²) < 4.78 is 13.5. The molecule has 0 spiro atoms. The van der Waals surface area contributed by atoms with Gasteiger partial charge in [0.15, 0.2) is 0 Å². The third-order valence-electron chi connectivity index (χ3n) is 3.06. The number of Topliss-reactive ketones (excluding diaryl/α,β-unsaturated/α-hetero) is 1. The van der Waals surface area contributed by atoms with Crippen LogP contribution in [-0.4, -0.2) is 31.8 Å². The Kier molecular flexibility index (Phi) is 3.87. The molecule has 102 valence electrons. The first-order valence-corrected chi connectivity index (χ1v) is 6.33. The molecule has 1 unspecified atom stereocenters. The van der Waals surface area contributed by atoms with Crippen molar-refractivity contribution in [3.63, 3.8) is 0 Å². The van der Waals surface area contributed by atoms with Crippen LogP contribution in [0.15, 0.2) is 12.1 Å². The Balaban J connectivity index is 2.36. The Morgan fingerprint density at radius 3 is 2.74 bits per heavy atom. The first-order chi connectivity index (χ1) is 8.95. The molecule has 1 aromatic carbocycles. The number of amides is 1. The van der Waals surface area contributed by atoms with Crippen LogP contribution in [0.4, 0.5) is 10.1 Å². The lowest BCUT2D eigenvalue weighted by Crippen LogP contribution is -2.36. The van der Waals surface area contributed by atoms with Crippen LogP contribution < -0.4 is 10.2 Å². The maximum Gasteiger partial charge on any atom is 0.299 e. The molecule has 0 aliphatic carbocycles. The van der Waals surface area contributed by atoms with Crippen molar-refractivity contribution in [2.24, 2.45) is 5.92 Å². The fraction of sp³-hybridized carbons (Fsp3) is 0.385. The number of carbonyl (C=O) groups is 2. The van der Waals surface area contributed by atoms with Gasteiger partial charge in [0, 0.05) is 6.54 Å². The molecule has 1 aliphatic rings. The van der Waals surface area contributed by atoms with Gasteiger partial charge < -0.3 is 10.2 Å². The van der Waals surface area contributed by atoms with Crippen LogP contribution in [-0.2, 0) is 4.79 Å². The Hall–Kier alpha value is -1.46. The van der Waals surface area contributed by atoms with Crippen LogP contribution in [0.1, 0.15) is 17.3 Å². The van der Waals surface area contributed by atoms with E-state index in [2.05, 4.69) is 5.32 Å². The summed E-state index contributed by atoms with van der Waals surface area (Å²) >= 11 is 5.64. The number of carbonyl (C=O) groups excluding carboxylic acids is 2. The van der Waals surface area contributed by atoms with Gasteiger partial charge in [-0.3, -0.25) is 9.59 Å². The van der Waals surface area contributed by atoms with Crippen molar-refractivity contribution in [2.45, 2.75) is 6.92 Å². The lowest BCUT2D eigenvalue weighted by Gasteiger charge is -2.21. The summed E-state index contributed by atoms with van der Waals surface area (Å²) in [6.45, 7) is 3.00. The zero-order valence-electron chi connectivity index (χ0n) is 10.7. The monoisotopic (exact) mass is 284 g/mol. The number of ketones is 1. The van der Waals surface area contributed by atoms with Crippen molar-refractivity contribution in [2.75, 3.05) is 25.0 Å². The van der Waals surface area contributed by atoms with Gasteiger partial charge in [-0.1, -0.05) is 18.5 Å². The van der Waals surface area contributed by atoms with Crippen molar-refractivity contribution in [3.8, 4) is 0 Å². The predicted octanol–water partition coefficient (Wildman–Crippen LogP) is 1.86. The smallest absolute Gasteiger partial charge is 0.299 e. The largest absolute Gasteiger partial charge is 0.319 e. The van der Waals surface area contributed by atoms with Crippen LogP contribution in [0.5, 0.6) is 0 Å². The molecule has 1 aliphatic heterocycles. The highest BCUT2D eigenvalue weighted by Crippen LogP contribution is 2.33. The molecular formula is C13H14ClFN2O2.